The van der Waals surface area contributed by atoms with Gasteiger partial charge in [-0.15, -0.1) is 0 Å². The molecule has 1 aliphatic rings. The fourth-order valence-corrected chi connectivity index (χ4v) is 2.32. The van der Waals surface area contributed by atoms with E-state index in [0.29, 0.717) is 11.3 Å². The van der Waals surface area contributed by atoms with Crippen molar-refractivity contribution in [2.45, 2.75) is 0 Å². The average Bonchev–Trinajstić information content (AvgIpc) is 2.78. The summed E-state index contributed by atoms with van der Waals surface area (Å²) in [6.45, 7) is 0. The van der Waals surface area contributed by atoms with Crippen molar-refractivity contribution in [1.82, 2.24) is 5.43 Å². The van der Waals surface area contributed by atoms with Crippen molar-refractivity contribution in [1.29, 1.82) is 0 Å². The molecule has 1 heterocycles. The lowest BCUT2D eigenvalue weighted by Gasteiger charge is -2.14. The monoisotopic (exact) mass is 360 g/mol. The second-order valence-electron chi connectivity index (χ2n) is 4.67. The molecule has 2 aromatic rings. The predicted octanol–water partition coefficient (Wildman–Crippen LogP) is 3.05. The number of amides is 2. The zero-order valence-corrected chi connectivity index (χ0v) is 12.8. The maximum Gasteiger partial charge on any atom is 0.282 e. The number of nitrogens with one attached hydrogen (secondary N) is 1. The SMILES string of the molecule is O=C1NN(c2ccc(Br)cc2)C(=O)C1=Cc1ccc(F)cc1. The summed E-state index contributed by atoms with van der Waals surface area (Å²) < 4.78 is 13.8. The van der Waals surface area contributed by atoms with Gasteiger partial charge in [0, 0.05) is 4.47 Å². The van der Waals surface area contributed by atoms with Gasteiger partial charge in [-0.3, -0.25) is 15.0 Å². The molecule has 2 amide bonds. The van der Waals surface area contributed by atoms with Crippen LogP contribution in [-0.4, -0.2) is 11.8 Å². The van der Waals surface area contributed by atoms with E-state index in [1.54, 1.807) is 24.3 Å². The molecule has 6 heteroatoms. The van der Waals surface area contributed by atoms with Gasteiger partial charge in [-0.1, -0.05) is 28.1 Å². The van der Waals surface area contributed by atoms with E-state index in [2.05, 4.69) is 21.4 Å². The molecule has 1 fully saturated rings. The fraction of sp³-hybridized carbons (Fsp3) is 0. The number of halogens is 2. The lowest BCUT2D eigenvalue weighted by atomic mass is 10.1. The molecule has 110 valence electrons. The third kappa shape index (κ3) is 2.78. The van der Waals surface area contributed by atoms with Crippen LogP contribution in [0.4, 0.5) is 10.1 Å². The minimum atomic E-state index is -0.489. The van der Waals surface area contributed by atoms with E-state index >= 15 is 0 Å². The minimum Gasteiger partial charge on any atom is -0.267 e. The Morgan fingerprint density at radius 3 is 2.27 bits per heavy atom. The Bertz CT molecular complexity index is 770. The molecule has 0 aromatic heterocycles. The number of anilines is 1. The van der Waals surface area contributed by atoms with Crippen LogP contribution in [0.2, 0.25) is 0 Å². The molecule has 0 saturated carbocycles. The van der Waals surface area contributed by atoms with Crippen LogP contribution in [0.15, 0.2) is 58.6 Å². The highest BCUT2D eigenvalue weighted by atomic mass is 79.9. The standard InChI is InChI=1S/C16H10BrFN2O2/c17-11-3-7-13(8-4-11)20-16(22)14(15(21)19-20)9-10-1-5-12(18)6-2-10/h1-9H,(H,19,21). The minimum absolute atomic E-state index is 0.00882. The molecule has 1 N–H and O–H groups in total. The van der Waals surface area contributed by atoms with E-state index in [-0.39, 0.29) is 11.4 Å². The van der Waals surface area contributed by atoms with Gasteiger partial charge in [0.05, 0.1) is 5.69 Å². The number of hydrogen-bond donors (Lipinski definition) is 1. The third-order valence-electron chi connectivity index (χ3n) is 3.16. The Morgan fingerprint density at radius 1 is 1.00 bits per heavy atom. The summed E-state index contributed by atoms with van der Waals surface area (Å²) in [5, 5.41) is 1.18. The Labute approximate surface area is 134 Å². The van der Waals surface area contributed by atoms with Crippen LogP contribution in [0.3, 0.4) is 0 Å². The molecule has 0 atom stereocenters. The van der Waals surface area contributed by atoms with Crippen molar-refractivity contribution in [3.05, 3.63) is 70.0 Å². The maximum atomic E-state index is 12.9. The number of rotatable bonds is 2. The molecule has 0 aliphatic carbocycles. The van der Waals surface area contributed by atoms with Gasteiger partial charge >= 0.3 is 0 Å². The van der Waals surface area contributed by atoms with Gasteiger partial charge in [-0.25, -0.2) is 9.40 Å². The smallest absolute Gasteiger partial charge is 0.267 e. The molecule has 4 nitrogen and oxygen atoms in total. The molecule has 3 rings (SSSR count). The van der Waals surface area contributed by atoms with Gasteiger partial charge in [0.25, 0.3) is 11.8 Å². The van der Waals surface area contributed by atoms with Gasteiger partial charge in [-0.2, -0.15) is 0 Å². The number of hydrazine groups is 1. The van der Waals surface area contributed by atoms with Crippen LogP contribution < -0.4 is 10.4 Å². The molecule has 0 radical (unpaired) electrons. The normalized spacial score (nSPS) is 16.3. The van der Waals surface area contributed by atoms with Crippen LogP contribution in [0.25, 0.3) is 6.08 Å². The van der Waals surface area contributed by atoms with Crippen LogP contribution in [-0.2, 0) is 9.59 Å². The quantitative estimate of drug-likeness (QED) is 0.660. The first kappa shape index (κ1) is 14.5. The third-order valence-corrected chi connectivity index (χ3v) is 3.69. The molecule has 2 aromatic carbocycles. The maximum absolute atomic E-state index is 12.9. The second-order valence-corrected chi connectivity index (χ2v) is 5.58. The molecule has 0 unspecified atom stereocenters. The molecular formula is C16H10BrFN2O2. The molecule has 1 aliphatic heterocycles. The summed E-state index contributed by atoms with van der Waals surface area (Å²) in [5.41, 5.74) is 3.66. The highest BCUT2D eigenvalue weighted by Crippen LogP contribution is 2.23. The molecule has 22 heavy (non-hydrogen) atoms. The summed E-state index contributed by atoms with van der Waals surface area (Å²) in [4.78, 5) is 24.3. The van der Waals surface area contributed by atoms with Gasteiger partial charge in [0.2, 0.25) is 0 Å². The zero-order chi connectivity index (χ0) is 15.7. The first-order valence-electron chi connectivity index (χ1n) is 6.43. The molecular weight excluding hydrogens is 351 g/mol. The Hall–Kier alpha value is -2.47. The summed E-state index contributed by atoms with van der Waals surface area (Å²) >= 11 is 3.31. The van der Waals surface area contributed by atoms with Crippen molar-refractivity contribution >= 4 is 39.5 Å². The first-order chi connectivity index (χ1) is 10.5. The lowest BCUT2D eigenvalue weighted by molar-refractivity contribution is -0.117. The summed E-state index contributed by atoms with van der Waals surface area (Å²) in [6, 6.07) is 12.5. The summed E-state index contributed by atoms with van der Waals surface area (Å²) in [7, 11) is 0. The van der Waals surface area contributed by atoms with Crippen molar-refractivity contribution < 1.29 is 14.0 Å². The summed E-state index contributed by atoms with van der Waals surface area (Å²) in [6.07, 6.45) is 1.44. The molecule has 0 bridgehead atoms. The number of nitrogens with zero attached hydrogens (tertiary/aromatic N) is 1. The second kappa shape index (κ2) is 5.73. The van der Waals surface area contributed by atoms with Crippen molar-refractivity contribution in [2.24, 2.45) is 0 Å². The number of carbonyl (C=O) groups excluding carboxylic acids is 2. The van der Waals surface area contributed by atoms with Gasteiger partial charge < -0.3 is 0 Å². The molecule has 0 spiro atoms. The number of benzene rings is 2. The largest absolute Gasteiger partial charge is 0.282 e. The highest BCUT2D eigenvalue weighted by Gasteiger charge is 2.34. The van der Waals surface area contributed by atoms with Gasteiger partial charge in [0.1, 0.15) is 11.4 Å². The van der Waals surface area contributed by atoms with E-state index < -0.39 is 11.8 Å². The topological polar surface area (TPSA) is 49.4 Å². The van der Waals surface area contributed by atoms with E-state index in [1.165, 1.54) is 35.4 Å². The average molecular weight is 361 g/mol. The van der Waals surface area contributed by atoms with Crippen molar-refractivity contribution in [3.8, 4) is 0 Å². The van der Waals surface area contributed by atoms with Crippen molar-refractivity contribution in [3.63, 3.8) is 0 Å². The van der Waals surface area contributed by atoms with E-state index in [9.17, 15) is 14.0 Å². The number of hydrogen-bond acceptors (Lipinski definition) is 2. The van der Waals surface area contributed by atoms with Crippen molar-refractivity contribution in [2.75, 3.05) is 5.01 Å². The van der Waals surface area contributed by atoms with Crippen LogP contribution in [0, 0.1) is 5.82 Å². The van der Waals surface area contributed by atoms with E-state index in [4.69, 9.17) is 0 Å². The molecule has 1 saturated heterocycles. The Kier molecular flexibility index (Phi) is 3.77. The Balaban J connectivity index is 1.91. The Morgan fingerprint density at radius 2 is 1.64 bits per heavy atom. The first-order valence-corrected chi connectivity index (χ1v) is 7.22. The zero-order valence-electron chi connectivity index (χ0n) is 11.2. The predicted molar refractivity (Wildman–Crippen MR) is 84.1 cm³/mol. The van der Waals surface area contributed by atoms with Gasteiger partial charge in [0.15, 0.2) is 0 Å². The fourth-order valence-electron chi connectivity index (χ4n) is 2.06. The van der Waals surface area contributed by atoms with Crippen LogP contribution in [0.1, 0.15) is 5.56 Å². The highest BCUT2D eigenvalue weighted by molar-refractivity contribution is 9.10. The number of carbonyl (C=O) groups is 2. The van der Waals surface area contributed by atoms with Gasteiger partial charge in [-0.05, 0) is 48.0 Å². The summed E-state index contributed by atoms with van der Waals surface area (Å²) in [5.74, 6) is -1.31. The van der Waals surface area contributed by atoms with E-state index in [1.807, 2.05) is 0 Å². The van der Waals surface area contributed by atoms with E-state index in [0.717, 1.165) is 4.47 Å². The lowest BCUT2D eigenvalue weighted by Crippen LogP contribution is -2.35. The van der Waals surface area contributed by atoms with Crippen LogP contribution >= 0.6 is 15.9 Å². The van der Waals surface area contributed by atoms with Crippen LogP contribution in [0.5, 0.6) is 0 Å².